The Bertz CT molecular complexity index is 415. The Morgan fingerprint density at radius 1 is 1.44 bits per heavy atom. The van der Waals surface area contributed by atoms with Gasteiger partial charge in [-0.15, -0.1) is 0 Å². The molecule has 1 N–H and O–H groups in total. The summed E-state index contributed by atoms with van der Waals surface area (Å²) < 4.78 is 8.21. The van der Waals surface area contributed by atoms with Gasteiger partial charge >= 0.3 is 0 Å². The van der Waals surface area contributed by atoms with Gasteiger partial charge in [-0.2, -0.15) is 5.10 Å². The Hall–Kier alpha value is -0.870. The third-order valence-electron chi connectivity index (χ3n) is 4.14. The van der Waals surface area contributed by atoms with Crippen LogP contribution in [0.15, 0.2) is 6.20 Å². The number of hydrogen-bond donors (Lipinski definition) is 1. The molecule has 18 heavy (non-hydrogen) atoms. The Balaban J connectivity index is 2.61. The molecule has 1 aromatic rings. The van der Waals surface area contributed by atoms with Crippen LogP contribution >= 0.6 is 0 Å². The number of aryl methyl sites for hydroxylation is 1. The smallest absolute Gasteiger partial charge is 0.115 e. The molecule has 102 valence electrons. The summed E-state index contributed by atoms with van der Waals surface area (Å²) >= 11 is 0. The van der Waals surface area contributed by atoms with Crippen molar-refractivity contribution in [1.29, 1.82) is 0 Å². The maximum Gasteiger partial charge on any atom is 0.115 e. The predicted octanol–water partition coefficient (Wildman–Crippen LogP) is 2.26. The first-order chi connectivity index (χ1) is 8.45. The maximum atomic E-state index is 9.45. The van der Waals surface area contributed by atoms with Crippen molar-refractivity contribution in [2.45, 2.75) is 46.3 Å². The molecule has 0 saturated heterocycles. The number of hydrogen-bond acceptors (Lipinski definition) is 3. The van der Waals surface area contributed by atoms with Crippen LogP contribution in [0.25, 0.3) is 0 Å². The minimum atomic E-state index is -0.299. The lowest BCUT2D eigenvalue weighted by Gasteiger charge is -2.46. The average Bonchev–Trinajstić information content (AvgIpc) is 2.70. The molecule has 1 atom stereocenters. The average molecular weight is 252 g/mol. The highest BCUT2D eigenvalue weighted by atomic mass is 16.5. The van der Waals surface area contributed by atoms with Gasteiger partial charge in [0.2, 0.25) is 0 Å². The Morgan fingerprint density at radius 3 is 2.56 bits per heavy atom. The lowest BCUT2D eigenvalue weighted by atomic mass is 9.75. The number of aliphatic hydroxyl groups excluding tert-OH is 1. The summed E-state index contributed by atoms with van der Waals surface area (Å²) in [6.07, 6.45) is 1.88. The highest BCUT2D eigenvalue weighted by Gasteiger charge is 2.47. The molecule has 2 rings (SSSR count). The number of rotatable bonds is 3. The lowest BCUT2D eigenvalue weighted by molar-refractivity contribution is -0.156. The van der Waals surface area contributed by atoms with E-state index in [1.54, 1.807) is 0 Å². The van der Waals surface area contributed by atoms with Gasteiger partial charge in [-0.05, 0) is 24.3 Å². The second-order valence-corrected chi connectivity index (χ2v) is 5.87. The molecule has 0 fully saturated rings. The first-order valence-electron chi connectivity index (χ1n) is 6.74. The number of nitrogens with zero attached hydrogens (tertiary/aromatic N) is 2. The van der Waals surface area contributed by atoms with E-state index >= 15 is 0 Å². The topological polar surface area (TPSA) is 47.3 Å². The highest BCUT2D eigenvalue weighted by Crippen LogP contribution is 2.45. The van der Waals surface area contributed by atoms with E-state index in [1.807, 2.05) is 10.9 Å². The maximum absolute atomic E-state index is 9.45. The molecule has 0 amide bonds. The Morgan fingerprint density at radius 2 is 2.06 bits per heavy atom. The van der Waals surface area contributed by atoms with E-state index in [2.05, 4.69) is 39.7 Å². The molecule has 0 saturated carbocycles. The lowest BCUT2D eigenvalue weighted by Crippen LogP contribution is -2.49. The van der Waals surface area contributed by atoms with Gasteiger partial charge in [-0.1, -0.05) is 27.7 Å². The van der Waals surface area contributed by atoms with Gasteiger partial charge in [-0.3, -0.25) is 4.68 Å². The third kappa shape index (κ3) is 1.70. The van der Waals surface area contributed by atoms with Gasteiger partial charge in [-0.25, -0.2) is 0 Å². The van der Waals surface area contributed by atoms with Gasteiger partial charge in [0, 0.05) is 0 Å². The number of ether oxygens (including phenoxy) is 1. The van der Waals surface area contributed by atoms with Gasteiger partial charge < -0.3 is 9.84 Å². The van der Waals surface area contributed by atoms with Crippen molar-refractivity contribution >= 4 is 0 Å². The summed E-state index contributed by atoms with van der Waals surface area (Å²) in [5.74, 6) is 0.734. The number of aliphatic hydroxyl groups is 1. The first kappa shape index (κ1) is 13.6. The van der Waals surface area contributed by atoms with Gasteiger partial charge in [0.05, 0.1) is 31.1 Å². The zero-order chi connectivity index (χ0) is 13.5. The van der Waals surface area contributed by atoms with E-state index in [0.29, 0.717) is 18.4 Å². The Kier molecular flexibility index (Phi) is 3.52. The summed E-state index contributed by atoms with van der Waals surface area (Å²) in [4.78, 5) is 0. The monoisotopic (exact) mass is 252 g/mol. The van der Waals surface area contributed by atoms with Crippen LogP contribution < -0.4 is 0 Å². The molecule has 0 spiro atoms. The van der Waals surface area contributed by atoms with E-state index < -0.39 is 0 Å². The predicted molar refractivity (Wildman–Crippen MR) is 70.4 cm³/mol. The molecule has 1 aliphatic heterocycles. The largest absolute Gasteiger partial charge is 0.394 e. The van der Waals surface area contributed by atoms with Crippen LogP contribution in [0.5, 0.6) is 0 Å². The van der Waals surface area contributed by atoms with Gasteiger partial charge in [0.25, 0.3) is 0 Å². The number of aromatic nitrogens is 2. The van der Waals surface area contributed by atoms with Gasteiger partial charge in [0.15, 0.2) is 0 Å². The SMILES string of the molecule is Cc1cnn2c1C(C(C)C)(C(C)C)OCC2CO. The van der Waals surface area contributed by atoms with Crippen molar-refractivity contribution in [3.63, 3.8) is 0 Å². The van der Waals surface area contributed by atoms with E-state index in [9.17, 15) is 5.11 Å². The van der Waals surface area contributed by atoms with E-state index in [-0.39, 0.29) is 18.2 Å². The fourth-order valence-electron chi connectivity index (χ4n) is 3.26. The van der Waals surface area contributed by atoms with Crippen molar-refractivity contribution in [3.05, 3.63) is 17.5 Å². The van der Waals surface area contributed by atoms with Crippen molar-refractivity contribution < 1.29 is 9.84 Å². The quantitative estimate of drug-likeness (QED) is 0.897. The molecule has 2 heterocycles. The standard InChI is InChI=1S/C14H24N2O2/c1-9(2)14(10(3)4)13-11(5)6-15-16(13)12(7-17)8-18-14/h6,9-10,12,17H,7-8H2,1-5H3. The third-order valence-corrected chi connectivity index (χ3v) is 4.14. The van der Waals surface area contributed by atoms with E-state index in [4.69, 9.17) is 4.74 Å². The highest BCUT2D eigenvalue weighted by molar-refractivity contribution is 5.27. The fourth-order valence-corrected chi connectivity index (χ4v) is 3.26. The molecule has 0 bridgehead atoms. The van der Waals surface area contributed by atoms with Crippen LogP contribution in [0, 0.1) is 18.8 Å². The van der Waals surface area contributed by atoms with Crippen LogP contribution in [0.1, 0.15) is 45.0 Å². The Labute approximate surface area is 109 Å². The second-order valence-electron chi connectivity index (χ2n) is 5.87. The minimum Gasteiger partial charge on any atom is -0.394 e. The van der Waals surface area contributed by atoms with Crippen LogP contribution in [0.3, 0.4) is 0 Å². The summed E-state index contributed by atoms with van der Waals surface area (Å²) in [5, 5.41) is 13.9. The number of fused-ring (bicyclic) bond motifs is 1. The fraction of sp³-hybridized carbons (Fsp3) is 0.786. The summed E-state index contributed by atoms with van der Waals surface area (Å²) in [6.45, 7) is 11.4. The zero-order valence-electron chi connectivity index (χ0n) is 12.0. The summed E-state index contributed by atoms with van der Waals surface area (Å²) in [5.41, 5.74) is 1.99. The summed E-state index contributed by atoms with van der Waals surface area (Å²) in [6, 6.07) is -0.0562. The molecule has 4 heteroatoms. The normalized spacial score (nSPS) is 22.6. The molecular weight excluding hydrogens is 228 g/mol. The van der Waals surface area contributed by atoms with Crippen molar-refractivity contribution in [2.75, 3.05) is 13.2 Å². The van der Waals surface area contributed by atoms with Crippen molar-refractivity contribution in [1.82, 2.24) is 9.78 Å². The molecule has 0 radical (unpaired) electrons. The van der Waals surface area contributed by atoms with Crippen LogP contribution in [-0.4, -0.2) is 28.1 Å². The van der Waals surface area contributed by atoms with E-state index in [0.717, 1.165) is 11.3 Å². The van der Waals surface area contributed by atoms with Crippen LogP contribution in [0.2, 0.25) is 0 Å². The molecule has 0 aliphatic carbocycles. The molecular formula is C14H24N2O2. The van der Waals surface area contributed by atoms with Crippen molar-refractivity contribution in [2.24, 2.45) is 11.8 Å². The molecule has 0 aromatic carbocycles. The van der Waals surface area contributed by atoms with Gasteiger partial charge in [0.1, 0.15) is 5.60 Å². The zero-order valence-corrected chi connectivity index (χ0v) is 12.0. The van der Waals surface area contributed by atoms with Crippen LogP contribution in [-0.2, 0) is 10.3 Å². The second kappa shape index (κ2) is 4.67. The molecule has 1 aromatic heterocycles. The molecule has 1 unspecified atom stereocenters. The summed E-state index contributed by atoms with van der Waals surface area (Å²) in [7, 11) is 0. The molecule has 1 aliphatic rings. The first-order valence-corrected chi connectivity index (χ1v) is 6.74. The molecule has 4 nitrogen and oxygen atoms in total. The van der Waals surface area contributed by atoms with Crippen LogP contribution in [0.4, 0.5) is 0 Å². The minimum absolute atomic E-state index is 0.0562. The van der Waals surface area contributed by atoms with E-state index in [1.165, 1.54) is 0 Å². The van der Waals surface area contributed by atoms with Crippen molar-refractivity contribution in [3.8, 4) is 0 Å².